The Morgan fingerprint density at radius 3 is 2.39 bits per heavy atom. The Bertz CT molecular complexity index is 289. The highest BCUT2D eigenvalue weighted by Crippen LogP contribution is 2.05. The Morgan fingerprint density at radius 1 is 1.17 bits per heavy atom. The summed E-state index contributed by atoms with van der Waals surface area (Å²) in [6.07, 6.45) is 2.10. The highest BCUT2D eigenvalue weighted by Gasteiger charge is 2.13. The molecule has 0 aromatic rings. The maximum absolute atomic E-state index is 11.7. The summed E-state index contributed by atoms with van der Waals surface area (Å²) in [6, 6.07) is 0. The molecule has 0 saturated heterocycles. The van der Waals surface area contributed by atoms with Gasteiger partial charge in [0.15, 0.2) is 9.84 Å². The van der Waals surface area contributed by atoms with E-state index in [1.165, 1.54) is 0 Å². The van der Waals surface area contributed by atoms with Gasteiger partial charge in [-0.15, -0.1) is 0 Å². The van der Waals surface area contributed by atoms with Gasteiger partial charge < -0.3 is 10.1 Å². The van der Waals surface area contributed by atoms with Gasteiger partial charge >= 0.3 is 0 Å². The number of nitrogens with one attached hydrogen (secondary N) is 1. The number of hydrogen-bond donors (Lipinski definition) is 1. The zero-order valence-corrected chi connectivity index (χ0v) is 13.1. The summed E-state index contributed by atoms with van der Waals surface area (Å²) in [5.74, 6) is 0.804. The van der Waals surface area contributed by atoms with E-state index in [4.69, 9.17) is 4.74 Å². The quantitative estimate of drug-likeness (QED) is 0.587. The molecule has 0 radical (unpaired) electrons. The van der Waals surface area contributed by atoms with Crippen molar-refractivity contribution in [1.82, 2.24) is 5.32 Å². The second-order valence-corrected chi connectivity index (χ2v) is 7.38. The van der Waals surface area contributed by atoms with E-state index in [9.17, 15) is 8.42 Å². The lowest BCUT2D eigenvalue weighted by molar-refractivity contribution is 0.0772. The van der Waals surface area contributed by atoms with Crippen molar-refractivity contribution in [3.05, 3.63) is 0 Å². The smallest absolute Gasteiger partial charge is 0.151 e. The van der Waals surface area contributed by atoms with Gasteiger partial charge in [-0.3, -0.25) is 0 Å². The lowest BCUT2D eigenvalue weighted by Crippen LogP contribution is -2.27. The second kappa shape index (κ2) is 9.75. The average Bonchev–Trinajstić information content (AvgIpc) is 2.26. The standard InChI is InChI=1S/C13H29NO3S/c1-5-13(4)11-18(15,16)10-8-14-7-6-9-17-12(2)3/h12-14H,5-11H2,1-4H3. The Morgan fingerprint density at radius 2 is 1.83 bits per heavy atom. The average molecular weight is 279 g/mol. The van der Waals surface area contributed by atoms with E-state index in [-0.39, 0.29) is 17.8 Å². The minimum atomic E-state index is -2.89. The van der Waals surface area contributed by atoms with Crippen molar-refractivity contribution in [1.29, 1.82) is 0 Å². The van der Waals surface area contributed by atoms with E-state index >= 15 is 0 Å². The van der Waals surface area contributed by atoms with Crippen LogP contribution in [0, 0.1) is 5.92 Å². The second-order valence-electron chi connectivity index (χ2n) is 5.15. The Hall–Kier alpha value is -0.130. The molecule has 5 heteroatoms. The minimum Gasteiger partial charge on any atom is -0.379 e. The van der Waals surface area contributed by atoms with E-state index in [2.05, 4.69) is 5.32 Å². The number of rotatable bonds is 11. The van der Waals surface area contributed by atoms with E-state index < -0.39 is 9.84 Å². The molecule has 0 saturated carbocycles. The maximum Gasteiger partial charge on any atom is 0.151 e. The third kappa shape index (κ3) is 11.0. The maximum atomic E-state index is 11.7. The van der Waals surface area contributed by atoms with Gasteiger partial charge in [-0.1, -0.05) is 20.3 Å². The molecule has 0 aliphatic heterocycles. The fourth-order valence-corrected chi connectivity index (χ4v) is 3.23. The van der Waals surface area contributed by atoms with Gasteiger partial charge in [0.05, 0.1) is 17.6 Å². The lowest BCUT2D eigenvalue weighted by Gasteiger charge is -2.10. The van der Waals surface area contributed by atoms with Crippen LogP contribution in [0.25, 0.3) is 0 Å². The van der Waals surface area contributed by atoms with Gasteiger partial charge in [0, 0.05) is 13.2 Å². The van der Waals surface area contributed by atoms with E-state index in [1.54, 1.807) is 0 Å². The van der Waals surface area contributed by atoms with Crippen LogP contribution in [0.5, 0.6) is 0 Å². The van der Waals surface area contributed by atoms with Crippen LogP contribution in [0.1, 0.15) is 40.5 Å². The Kier molecular flexibility index (Phi) is 9.68. The summed E-state index contributed by atoms with van der Waals surface area (Å²) in [6.45, 7) is 10.1. The first-order valence-corrected chi connectivity index (χ1v) is 8.72. The van der Waals surface area contributed by atoms with Crippen LogP contribution in [-0.4, -0.2) is 45.7 Å². The fourth-order valence-electron chi connectivity index (χ4n) is 1.50. The van der Waals surface area contributed by atoms with Gasteiger partial charge in [0.25, 0.3) is 0 Å². The third-order valence-electron chi connectivity index (χ3n) is 2.77. The molecule has 0 rings (SSSR count). The molecule has 18 heavy (non-hydrogen) atoms. The molecule has 0 aliphatic rings. The molecule has 4 nitrogen and oxygen atoms in total. The summed E-state index contributed by atoms with van der Waals surface area (Å²) in [4.78, 5) is 0. The third-order valence-corrected chi connectivity index (χ3v) is 4.68. The monoisotopic (exact) mass is 279 g/mol. The summed E-state index contributed by atoms with van der Waals surface area (Å²) < 4.78 is 28.8. The van der Waals surface area contributed by atoms with Crippen LogP contribution < -0.4 is 5.32 Å². The van der Waals surface area contributed by atoms with Crippen molar-refractivity contribution in [3.8, 4) is 0 Å². The summed E-state index contributed by atoms with van der Waals surface area (Å²) in [5.41, 5.74) is 0. The lowest BCUT2D eigenvalue weighted by atomic mass is 10.2. The van der Waals surface area contributed by atoms with Crippen LogP contribution in [-0.2, 0) is 14.6 Å². The molecule has 0 heterocycles. The fraction of sp³-hybridized carbons (Fsp3) is 1.00. The first kappa shape index (κ1) is 17.9. The molecule has 0 aromatic heterocycles. The normalized spacial score (nSPS) is 14.1. The van der Waals surface area contributed by atoms with Gasteiger partial charge in [0.2, 0.25) is 0 Å². The summed E-state index contributed by atoms with van der Waals surface area (Å²) >= 11 is 0. The predicted molar refractivity (Wildman–Crippen MR) is 76.7 cm³/mol. The van der Waals surface area contributed by atoms with E-state index in [1.807, 2.05) is 27.7 Å². The van der Waals surface area contributed by atoms with Crippen molar-refractivity contribution >= 4 is 9.84 Å². The highest BCUT2D eigenvalue weighted by molar-refractivity contribution is 7.91. The van der Waals surface area contributed by atoms with Crippen LogP contribution in [0.4, 0.5) is 0 Å². The predicted octanol–water partition coefficient (Wildman–Crippen LogP) is 1.85. The van der Waals surface area contributed by atoms with Crippen molar-refractivity contribution < 1.29 is 13.2 Å². The SMILES string of the molecule is CCC(C)CS(=O)(=O)CCNCCCOC(C)C. The van der Waals surface area contributed by atoms with Gasteiger partial charge in [-0.05, 0) is 32.7 Å². The van der Waals surface area contributed by atoms with E-state index in [0.29, 0.717) is 12.3 Å². The number of hydrogen-bond acceptors (Lipinski definition) is 4. The van der Waals surface area contributed by atoms with Gasteiger partial charge in [-0.25, -0.2) is 8.42 Å². The number of sulfone groups is 1. The molecule has 1 atom stereocenters. The summed E-state index contributed by atoms with van der Waals surface area (Å²) in [5, 5.41) is 3.15. The minimum absolute atomic E-state index is 0.238. The molecule has 1 unspecified atom stereocenters. The van der Waals surface area contributed by atoms with Crippen molar-refractivity contribution in [3.63, 3.8) is 0 Å². The van der Waals surface area contributed by atoms with Gasteiger partial charge in [0.1, 0.15) is 0 Å². The first-order chi connectivity index (χ1) is 8.37. The largest absolute Gasteiger partial charge is 0.379 e. The number of ether oxygens (including phenoxy) is 1. The van der Waals surface area contributed by atoms with Crippen LogP contribution in [0.15, 0.2) is 0 Å². The molecule has 0 aliphatic carbocycles. The molecule has 0 amide bonds. The van der Waals surface area contributed by atoms with Gasteiger partial charge in [-0.2, -0.15) is 0 Å². The Balaban J connectivity index is 3.53. The molecule has 0 aromatic carbocycles. The van der Waals surface area contributed by atoms with Crippen molar-refractivity contribution in [2.45, 2.75) is 46.6 Å². The molecule has 0 fully saturated rings. The van der Waals surface area contributed by atoms with Crippen molar-refractivity contribution in [2.24, 2.45) is 5.92 Å². The molecular weight excluding hydrogens is 250 g/mol. The summed E-state index contributed by atoms with van der Waals surface area (Å²) in [7, 11) is -2.89. The van der Waals surface area contributed by atoms with E-state index in [0.717, 1.165) is 26.0 Å². The molecule has 0 bridgehead atoms. The molecule has 110 valence electrons. The van der Waals surface area contributed by atoms with Crippen LogP contribution in [0.3, 0.4) is 0 Å². The molecular formula is C13H29NO3S. The van der Waals surface area contributed by atoms with Crippen molar-refractivity contribution in [2.75, 3.05) is 31.2 Å². The molecule has 0 spiro atoms. The molecule has 1 N–H and O–H groups in total. The zero-order chi connectivity index (χ0) is 14.0. The van der Waals surface area contributed by atoms with Crippen LogP contribution in [0.2, 0.25) is 0 Å². The van der Waals surface area contributed by atoms with Crippen LogP contribution >= 0.6 is 0 Å². The zero-order valence-electron chi connectivity index (χ0n) is 12.2. The first-order valence-electron chi connectivity index (χ1n) is 6.90. The Labute approximate surface area is 112 Å². The topological polar surface area (TPSA) is 55.4 Å². The highest BCUT2D eigenvalue weighted by atomic mass is 32.2.